The summed E-state index contributed by atoms with van der Waals surface area (Å²) < 4.78 is 0. The molecule has 0 unspecified atom stereocenters. The fourth-order valence-electron chi connectivity index (χ4n) is 0. The Balaban J connectivity index is 0. The van der Waals surface area contributed by atoms with Crippen LogP contribution in [0.5, 0.6) is 0 Å². The van der Waals surface area contributed by atoms with E-state index in [1.165, 1.54) is 0 Å². The molecule has 0 rings (SSSR count). The molecule has 0 aliphatic heterocycles. The van der Waals surface area contributed by atoms with Gasteiger partial charge in [-0.05, 0) is 0 Å². The second-order valence-electron chi connectivity index (χ2n) is 0. The monoisotopic (exact) mass is 717 g/mol. The van der Waals surface area contributed by atoms with Crippen molar-refractivity contribution in [1.82, 2.24) is 0 Å². The molecule has 0 heterocycles. The van der Waals surface area contributed by atoms with Gasteiger partial charge in [-0.15, -0.1) is 0 Å². The van der Waals surface area contributed by atoms with Crippen molar-refractivity contribution in [2.75, 3.05) is 0 Å². The summed E-state index contributed by atoms with van der Waals surface area (Å²) in [7, 11) is 0. The zero-order valence-corrected chi connectivity index (χ0v) is 13.6. The zero-order chi connectivity index (χ0) is 0. The van der Waals surface area contributed by atoms with Crippen molar-refractivity contribution in [3.05, 3.63) is 0 Å². The van der Waals surface area contributed by atoms with Crippen molar-refractivity contribution in [1.29, 1.82) is 0 Å². The van der Waals surface area contributed by atoms with E-state index < -0.39 is 0 Å². The number of hydrogen-bond acceptors (Lipinski definition) is 0. The summed E-state index contributed by atoms with van der Waals surface area (Å²) in [6.07, 6.45) is 0. The summed E-state index contributed by atoms with van der Waals surface area (Å²) in [4.78, 5) is 0. The van der Waals surface area contributed by atoms with Gasteiger partial charge in [-0.3, -0.25) is 0 Å². The maximum Gasteiger partial charge on any atom is 0 e. The quantitative estimate of drug-likeness (QED) is 0.301. The van der Waals surface area contributed by atoms with Gasteiger partial charge in [0, 0.05) is 98.3 Å². The van der Waals surface area contributed by atoms with Crippen molar-refractivity contribution in [3.8, 4) is 0 Å². The summed E-state index contributed by atoms with van der Waals surface area (Å²) in [6.45, 7) is 0. The van der Waals surface area contributed by atoms with Crippen LogP contribution in [0.4, 0.5) is 0 Å². The molecule has 4 heavy (non-hydrogen) atoms. The molecule has 0 saturated carbocycles. The second kappa shape index (κ2) is 16.3. The van der Waals surface area contributed by atoms with E-state index in [4.69, 9.17) is 0 Å². The van der Waals surface area contributed by atoms with Gasteiger partial charge in [-0.25, -0.2) is 0 Å². The maximum atomic E-state index is 0. The summed E-state index contributed by atoms with van der Waals surface area (Å²) in [5, 5.41) is 0. The van der Waals surface area contributed by atoms with Crippen LogP contribution in [0.15, 0.2) is 0 Å². The Hall–Kier alpha value is 3.29. The van der Waals surface area contributed by atoms with E-state index in [-0.39, 0.29) is 98.3 Å². The summed E-state index contributed by atoms with van der Waals surface area (Å²) in [5.74, 6) is 0. The van der Waals surface area contributed by atoms with Crippen LogP contribution in [0.1, 0.15) is 0 Å². The van der Waals surface area contributed by atoms with Crippen molar-refractivity contribution in [2.45, 2.75) is 0 Å². The van der Waals surface area contributed by atoms with Crippen LogP contribution in [-0.4, -0.2) is 26.2 Å². The molecule has 0 saturated heterocycles. The molecule has 0 spiro atoms. The maximum absolute atomic E-state index is 0. The van der Waals surface area contributed by atoms with Crippen LogP contribution in [-0.2, 0) is 72.1 Å². The first-order valence-corrected chi connectivity index (χ1v) is 0. The molecule has 0 atom stereocenters. The summed E-state index contributed by atoms with van der Waals surface area (Å²) in [5.41, 5.74) is 0. The molecular formula is Au2BiCd. The summed E-state index contributed by atoms with van der Waals surface area (Å²) in [6, 6.07) is 0. The fraction of sp³-hybridized carbons (Fsp3) is 0. The number of hydrogen-bond donors (Lipinski definition) is 0. The average Bonchev–Trinajstić information content (AvgIpc) is 0. The molecule has 0 N–H and O–H groups in total. The van der Waals surface area contributed by atoms with E-state index in [0.29, 0.717) is 0 Å². The van der Waals surface area contributed by atoms with E-state index in [0.717, 1.165) is 0 Å². The Labute approximate surface area is 96.2 Å². The zero-order valence-electron chi connectivity index (χ0n) is 1.76. The smallest absolute Gasteiger partial charge is 0 e. The third-order valence-corrected chi connectivity index (χ3v) is 0. The van der Waals surface area contributed by atoms with Gasteiger partial charge < -0.3 is 0 Å². The minimum absolute atomic E-state index is 0. The van der Waals surface area contributed by atoms with Crippen molar-refractivity contribution >= 4 is 26.2 Å². The van der Waals surface area contributed by atoms with Gasteiger partial charge in [0.05, 0.1) is 0 Å². The third kappa shape index (κ3) is 8.99. The van der Waals surface area contributed by atoms with Crippen LogP contribution in [0.25, 0.3) is 0 Å². The predicted octanol–water partition coefficient (Wildman–Crippen LogP) is -0.388. The predicted molar refractivity (Wildman–Crippen MR) is 5.75 cm³/mol. The SMILES string of the molecule is [Au].[Au].[Bi].[Cd]. The minimum Gasteiger partial charge on any atom is 0 e. The molecule has 29 valence electrons. The van der Waals surface area contributed by atoms with E-state index in [1.54, 1.807) is 0 Å². The Bertz CT molecular complexity index is 6.00. The standard InChI is InChI=1S/2Au.Bi.Cd. The molecule has 0 nitrogen and oxygen atoms in total. The van der Waals surface area contributed by atoms with Gasteiger partial charge >= 0.3 is 0 Å². The molecule has 0 bridgehead atoms. The van der Waals surface area contributed by atoms with Gasteiger partial charge in [0.25, 0.3) is 0 Å². The molecule has 0 aliphatic carbocycles. The van der Waals surface area contributed by atoms with Crippen molar-refractivity contribution in [2.24, 2.45) is 0 Å². The first-order valence-electron chi connectivity index (χ1n) is 0. The third-order valence-electron chi connectivity index (χ3n) is 0. The molecule has 0 aromatic rings. The van der Waals surface area contributed by atoms with Crippen LogP contribution in [0.3, 0.4) is 0 Å². The van der Waals surface area contributed by atoms with Crippen LogP contribution in [0, 0.1) is 0 Å². The Morgan fingerprint density at radius 1 is 0.750 bits per heavy atom. The Kier molecular flexibility index (Phi) is 108. The Morgan fingerprint density at radius 2 is 0.750 bits per heavy atom. The molecule has 0 fully saturated rings. The van der Waals surface area contributed by atoms with Gasteiger partial charge in [-0.1, -0.05) is 0 Å². The normalized spacial score (nSPS) is 0. The van der Waals surface area contributed by atoms with Crippen molar-refractivity contribution in [3.63, 3.8) is 0 Å². The molecule has 0 aromatic heterocycles. The molecule has 4 heteroatoms. The molecule has 0 amide bonds. The van der Waals surface area contributed by atoms with E-state index >= 15 is 0 Å². The van der Waals surface area contributed by atoms with Gasteiger partial charge in [0.15, 0.2) is 0 Å². The van der Waals surface area contributed by atoms with E-state index in [9.17, 15) is 0 Å². The topological polar surface area (TPSA) is 0 Å². The van der Waals surface area contributed by atoms with E-state index in [2.05, 4.69) is 0 Å². The van der Waals surface area contributed by atoms with Gasteiger partial charge in [-0.2, -0.15) is 0 Å². The first kappa shape index (κ1) is 26.7. The molecular weight excluding hydrogens is 715 g/mol. The largest absolute Gasteiger partial charge is 0 e. The van der Waals surface area contributed by atoms with Gasteiger partial charge in [0.1, 0.15) is 0 Å². The fourth-order valence-corrected chi connectivity index (χ4v) is 0. The minimum atomic E-state index is 0. The van der Waals surface area contributed by atoms with Crippen LogP contribution < -0.4 is 0 Å². The molecule has 5 radical (unpaired) electrons. The van der Waals surface area contributed by atoms with Crippen LogP contribution >= 0.6 is 0 Å². The van der Waals surface area contributed by atoms with Crippen molar-refractivity contribution < 1.29 is 72.1 Å². The number of rotatable bonds is 0. The van der Waals surface area contributed by atoms with Gasteiger partial charge in [0.2, 0.25) is 0 Å². The average molecular weight is 715 g/mol. The Morgan fingerprint density at radius 3 is 0.750 bits per heavy atom. The summed E-state index contributed by atoms with van der Waals surface area (Å²) >= 11 is 0. The van der Waals surface area contributed by atoms with Crippen LogP contribution in [0.2, 0.25) is 0 Å². The first-order chi connectivity index (χ1) is 0. The molecule has 0 aliphatic rings. The molecule has 0 aromatic carbocycles. The second-order valence-corrected chi connectivity index (χ2v) is 0. The van der Waals surface area contributed by atoms with E-state index in [1.807, 2.05) is 0 Å².